The molecule has 4 rings (SSSR count). The highest BCUT2D eigenvalue weighted by molar-refractivity contribution is 6.05. The van der Waals surface area contributed by atoms with E-state index in [-0.39, 0.29) is 18.8 Å². The van der Waals surface area contributed by atoms with Gasteiger partial charge in [-0.1, -0.05) is 103 Å². The van der Waals surface area contributed by atoms with Crippen molar-refractivity contribution in [2.45, 2.75) is 24.7 Å². The molecule has 0 heterocycles. The van der Waals surface area contributed by atoms with Gasteiger partial charge in [0, 0.05) is 6.42 Å². The third kappa shape index (κ3) is 5.98. The summed E-state index contributed by atoms with van der Waals surface area (Å²) in [6.07, 6.45) is -0.944. The molecule has 0 aliphatic rings. The van der Waals surface area contributed by atoms with Gasteiger partial charge in [0.05, 0.1) is 0 Å². The molecule has 182 valence electrons. The van der Waals surface area contributed by atoms with Crippen LogP contribution in [0.5, 0.6) is 5.75 Å². The number of aromatic hydroxyl groups is 1. The molecule has 0 saturated heterocycles. The van der Waals surface area contributed by atoms with Crippen LogP contribution in [0.4, 0.5) is 0 Å². The van der Waals surface area contributed by atoms with Gasteiger partial charge in [0.1, 0.15) is 12.4 Å². The van der Waals surface area contributed by atoms with Crippen molar-refractivity contribution in [3.8, 4) is 5.75 Å². The fourth-order valence-electron chi connectivity index (χ4n) is 3.81. The van der Waals surface area contributed by atoms with Crippen molar-refractivity contribution in [1.82, 2.24) is 0 Å². The van der Waals surface area contributed by atoms with Crippen LogP contribution in [0.15, 0.2) is 115 Å². The molecule has 0 aliphatic heterocycles. The van der Waals surface area contributed by atoms with E-state index in [9.17, 15) is 14.7 Å². The fraction of sp³-hybridized carbons (Fsp3) is 0.133. The van der Waals surface area contributed by atoms with E-state index < -0.39 is 23.6 Å². The first-order valence-corrected chi connectivity index (χ1v) is 11.5. The second-order valence-electron chi connectivity index (χ2n) is 8.48. The average molecular weight is 482 g/mol. The van der Waals surface area contributed by atoms with Gasteiger partial charge in [-0.15, -0.1) is 0 Å². The summed E-state index contributed by atoms with van der Waals surface area (Å²) in [5.41, 5.74) is 7.20. The standard InChI is InChI=1S/C30H27NO5/c31-30(20-22-16-18-26(32)19-17-22,28(33)35-21-23-10-4-1-5-11-23)29(34)36-27(24-12-6-2-7-13-24)25-14-8-3-9-15-25/h1-19,27,32H,20-21,31H2/t30-/m0/s1. The highest BCUT2D eigenvalue weighted by atomic mass is 16.6. The summed E-state index contributed by atoms with van der Waals surface area (Å²) in [4.78, 5) is 27.0. The topological polar surface area (TPSA) is 98.9 Å². The van der Waals surface area contributed by atoms with Crippen molar-refractivity contribution in [2.24, 2.45) is 5.73 Å². The summed E-state index contributed by atoms with van der Waals surface area (Å²) in [7, 11) is 0. The third-order valence-corrected chi connectivity index (χ3v) is 5.79. The van der Waals surface area contributed by atoms with Crippen molar-refractivity contribution in [2.75, 3.05) is 0 Å². The lowest BCUT2D eigenvalue weighted by atomic mass is 9.91. The normalized spacial score (nSPS) is 12.5. The molecule has 0 bridgehead atoms. The number of carbonyl (C=O) groups is 2. The maximum atomic E-state index is 13.6. The summed E-state index contributed by atoms with van der Waals surface area (Å²) in [5, 5.41) is 9.64. The molecule has 4 aromatic carbocycles. The average Bonchev–Trinajstić information content (AvgIpc) is 2.93. The highest BCUT2D eigenvalue weighted by Crippen LogP contribution is 2.29. The molecule has 6 heteroatoms. The summed E-state index contributed by atoms with van der Waals surface area (Å²) in [5.74, 6) is -1.75. The van der Waals surface area contributed by atoms with Gasteiger partial charge in [-0.25, -0.2) is 9.59 Å². The molecule has 1 atom stereocenters. The predicted octanol–water partition coefficient (Wildman–Crippen LogP) is 4.71. The van der Waals surface area contributed by atoms with E-state index in [1.54, 1.807) is 12.1 Å². The first kappa shape index (κ1) is 24.7. The number of phenols is 1. The molecular weight excluding hydrogens is 454 g/mol. The largest absolute Gasteiger partial charge is 0.508 e. The molecule has 0 saturated carbocycles. The second-order valence-corrected chi connectivity index (χ2v) is 8.48. The number of benzene rings is 4. The Morgan fingerprint density at radius 1 is 0.694 bits per heavy atom. The highest BCUT2D eigenvalue weighted by Gasteiger charge is 2.46. The van der Waals surface area contributed by atoms with Gasteiger partial charge in [-0.2, -0.15) is 0 Å². The quantitative estimate of drug-likeness (QED) is 0.265. The lowest BCUT2D eigenvalue weighted by Gasteiger charge is -2.28. The Balaban J connectivity index is 1.64. The van der Waals surface area contributed by atoms with Crippen LogP contribution in [-0.4, -0.2) is 22.6 Å². The van der Waals surface area contributed by atoms with Gasteiger partial charge in [0.15, 0.2) is 6.10 Å². The minimum Gasteiger partial charge on any atom is -0.508 e. The van der Waals surface area contributed by atoms with Crippen molar-refractivity contribution in [1.29, 1.82) is 0 Å². The first-order valence-electron chi connectivity index (χ1n) is 11.5. The molecule has 0 spiro atoms. The van der Waals surface area contributed by atoms with Crippen LogP contribution in [0.3, 0.4) is 0 Å². The van der Waals surface area contributed by atoms with Gasteiger partial charge < -0.3 is 20.3 Å². The first-order chi connectivity index (χ1) is 17.5. The van der Waals surface area contributed by atoms with Gasteiger partial charge in [-0.05, 0) is 34.4 Å². The molecule has 4 aromatic rings. The minimum absolute atomic E-state index is 0.0394. The summed E-state index contributed by atoms with van der Waals surface area (Å²) >= 11 is 0. The molecule has 0 aliphatic carbocycles. The Kier molecular flexibility index (Phi) is 7.78. The van der Waals surface area contributed by atoms with E-state index in [2.05, 4.69) is 0 Å². The van der Waals surface area contributed by atoms with E-state index in [0.29, 0.717) is 5.56 Å². The van der Waals surface area contributed by atoms with Gasteiger partial charge >= 0.3 is 11.9 Å². The number of ether oxygens (including phenoxy) is 2. The number of hydrogen-bond donors (Lipinski definition) is 2. The Bertz CT molecular complexity index is 1240. The van der Waals surface area contributed by atoms with Crippen LogP contribution in [0.2, 0.25) is 0 Å². The van der Waals surface area contributed by atoms with Crippen LogP contribution in [-0.2, 0) is 32.1 Å². The van der Waals surface area contributed by atoms with Crippen molar-refractivity contribution < 1.29 is 24.2 Å². The number of carbonyl (C=O) groups excluding carboxylic acids is 2. The second kappa shape index (κ2) is 11.3. The number of rotatable bonds is 9. The van der Waals surface area contributed by atoms with Crippen LogP contribution in [0, 0.1) is 0 Å². The monoisotopic (exact) mass is 481 g/mol. The number of hydrogen-bond acceptors (Lipinski definition) is 6. The summed E-state index contributed by atoms with van der Waals surface area (Å²) < 4.78 is 11.4. The fourth-order valence-corrected chi connectivity index (χ4v) is 3.81. The minimum atomic E-state index is -2.12. The number of phenolic OH excluding ortho intramolecular Hbond substituents is 1. The van der Waals surface area contributed by atoms with Gasteiger partial charge in [-0.3, -0.25) is 0 Å². The van der Waals surface area contributed by atoms with E-state index in [0.717, 1.165) is 16.7 Å². The van der Waals surface area contributed by atoms with E-state index in [1.807, 2.05) is 91.0 Å². The van der Waals surface area contributed by atoms with Crippen LogP contribution < -0.4 is 5.73 Å². The molecule has 36 heavy (non-hydrogen) atoms. The molecule has 0 unspecified atom stereocenters. The molecule has 0 aromatic heterocycles. The summed E-state index contributed by atoms with van der Waals surface area (Å²) in [6, 6.07) is 33.8. The Hall–Kier alpha value is -4.42. The zero-order valence-corrected chi connectivity index (χ0v) is 19.6. The van der Waals surface area contributed by atoms with Crippen molar-refractivity contribution in [3.05, 3.63) is 138 Å². The van der Waals surface area contributed by atoms with Crippen LogP contribution in [0.25, 0.3) is 0 Å². The maximum absolute atomic E-state index is 13.6. The number of esters is 2. The molecule has 0 radical (unpaired) electrons. The van der Waals surface area contributed by atoms with Crippen molar-refractivity contribution >= 4 is 11.9 Å². The van der Waals surface area contributed by atoms with Crippen LogP contribution >= 0.6 is 0 Å². The smallest absolute Gasteiger partial charge is 0.339 e. The Morgan fingerprint density at radius 3 is 1.72 bits per heavy atom. The molecular formula is C30H27NO5. The SMILES string of the molecule is N[C@@](Cc1ccc(O)cc1)(C(=O)OCc1ccccc1)C(=O)OC(c1ccccc1)c1ccccc1. The molecule has 6 nitrogen and oxygen atoms in total. The van der Waals surface area contributed by atoms with Gasteiger partial charge in [0.2, 0.25) is 5.54 Å². The van der Waals surface area contributed by atoms with E-state index in [4.69, 9.17) is 15.2 Å². The zero-order valence-electron chi connectivity index (χ0n) is 19.6. The maximum Gasteiger partial charge on any atom is 0.339 e. The predicted molar refractivity (Wildman–Crippen MR) is 136 cm³/mol. The van der Waals surface area contributed by atoms with E-state index in [1.165, 1.54) is 12.1 Å². The van der Waals surface area contributed by atoms with Crippen LogP contribution in [0.1, 0.15) is 28.4 Å². The Morgan fingerprint density at radius 2 is 1.19 bits per heavy atom. The molecule has 3 N–H and O–H groups in total. The zero-order chi connectivity index (χ0) is 25.4. The lowest BCUT2D eigenvalue weighted by molar-refractivity contribution is -0.167. The summed E-state index contributed by atoms with van der Waals surface area (Å²) in [6.45, 7) is -0.0394. The molecule has 0 amide bonds. The lowest BCUT2D eigenvalue weighted by Crippen LogP contribution is -2.58. The third-order valence-electron chi connectivity index (χ3n) is 5.79. The van der Waals surface area contributed by atoms with E-state index >= 15 is 0 Å². The van der Waals surface area contributed by atoms with Crippen molar-refractivity contribution in [3.63, 3.8) is 0 Å². The molecule has 0 fully saturated rings. The Labute approximate surface area is 209 Å². The number of nitrogens with two attached hydrogens (primary N) is 1. The van der Waals surface area contributed by atoms with Gasteiger partial charge in [0.25, 0.3) is 0 Å².